The van der Waals surface area contributed by atoms with Gasteiger partial charge in [0.05, 0.1) is 40.6 Å². The van der Waals surface area contributed by atoms with E-state index in [1.54, 1.807) is 17.1 Å². The molecule has 1 N–H and O–H groups in total. The average Bonchev–Trinajstić information content (AvgIpc) is 2.94. The summed E-state index contributed by atoms with van der Waals surface area (Å²) in [6.45, 7) is 2.17. The van der Waals surface area contributed by atoms with Crippen molar-refractivity contribution in [2.24, 2.45) is 0 Å². The van der Waals surface area contributed by atoms with Crippen LogP contribution < -0.4 is 5.32 Å². The van der Waals surface area contributed by atoms with Gasteiger partial charge in [0.2, 0.25) is 0 Å². The molecule has 1 aliphatic heterocycles. The van der Waals surface area contributed by atoms with Gasteiger partial charge in [-0.15, -0.1) is 0 Å². The highest BCUT2D eigenvalue weighted by Gasteiger charge is 2.21. The zero-order valence-corrected chi connectivity index (χ0v) is 12.0. The predicted octanol–water partition coefficient (Wildman–Crippen LogP) is 2.98. The van der Waals surface area contributed by atoms with Gasteiger partial charge in [0.25, 0.3) is 0 Å². The number of aromatic nitrogens is 2. The van der Waals surface area contributed by atoms with Crippen LogP contribution in [0.15, 0.2) is 24.7 Å². The molecule has 1 saturated heterocycles. The van der Waals surface area contributed by atoms with Gasteiger partial charge in [-0.1, -0.05) is 23.2 Å². The molecular formula is C13H12Cl2FN3O. The molecule has 1 atom stereocenters. The van der Waals surface area contributed by atoms with Gasteiger partial charge in [-0.2, -0.15) is 0 Å². The van der Waals surface area contributed by atoms with Gasteiger partial charge >= 0.3 is 0 Å². The van der Waals surface area contributed by atoms with Crippen LogP contribution >= 0.6 is 23.2 Å². The molecule has 4 nitrogen and oxygen atoms in total. The first-order chi connectivity index (χ1) is 9.66. The lowest BCUT2D eigenvalue weighted by molar-refractivity contribution is 0.0240. The predicted molar refractivity (Wildman–Crippen MR) is 75.1 cm³/mol. The molecule has 1 unspecified atom stereocenters. The molecule has 106 valence electrons. The van der Waals surface area contributed by atoms with Gasteiger partial charge in [-0.05, 0) is 12.1 Å². The SMILES string of the molecule is Fc1c(Cl)cc(-n2cncc2C2CNCCO2)cc1Cl. The highest BCUT2D eigenvalue weighted by atomic mass is 35.5. The molecular weight excluding hydrogens is 304 g/mol. The van der Waals surface area contributed by atoms with Crippen molar-refractivity contribution >= 4 is 23.2 Å². The first-order valence-electron chi connectivity index (χ1n) is 6.16. The summed E-state index contributed by atoms with van der Waals surface area (Å²) < 4.78 is 21.0. The summed E-state index contributed by atoms with van der Waals surface area (Å²) in [6.07, 6.45) is 3.25. The lowest BCUT2D eigenvalue weighted by Crippen LogP contribution is -2.34. The maximum atomic E-state index is 13.5. The molecule has 1 aromatic heterocycles. The molecule has 1 aliphatic rings. The van der Waals surface area contributed by atoms with Crippen LogP contribution in [0.3, 0.4) is 0 Å². The van der Waals surface area contributed by atoms with Crippen LogP contribution in [0, 0.1) is 5.82 Å². The van der Waals surface area contributed by atoms with Crippen molar-refractivity contribution < 1.29 is 9.13 Å². The van der Waals surface area contributed by atoms with Crippen molar-refractivity contribution in [3.05, 3.63) is 46.2 Å². The third-order valence-corrected chi connectivity index (χ3v) is 3.72. The number of hydrogen-bond acceptors (Lipinski definition) is 3. The van der Waals surface area contributed by atoms with Crippen LogP contribution in [-0.2, 0) is 4.74 Å². The highest BCUT2D eigenvalue weighted by Crippen LogP contribution is 2.29. The fraction of sp³-hybridized carbons (Fsp3) is 0.308. The Bertz CT molecular complexity index is 603. The van der Waals surface area contributed by atoms with Gasteiger partial charge in [-0.25, -0.2) is 9.37 Å². The molecule has 0 saturated carbocycles. The quantitative estimate of drug-likeness (QED) is 0.866. The summed E-state index contributed by atoms with van der Waals surface area (Å²) >= 11 is 11.7. The minimum absolute atomic E-state index is 0.0187. The maximum Gasteiger partial charge on any atom is 0.160 e. The van der Waals surface area contributed by atoms with Crippen molar-refractivity contribution in [1.82, 2.24) is 14.9 Å². The summed E-state index contributed by atoms with van der Waals surface area (Å²) in [4.78, 5) is 4.13. The summed E-state index contributed by atoms with van der Waals surface area (Å²) in [6, 6.07) is 3.04. The molecule has 2 aromatic rings. The number of imidazole rings is 1. The van der Waals surface area contributed by atoms with E-state index in [4.69, 9.17) is 27.9 Å². The smallest absolute Gasteiger partial charge is 0.160 e. The van der Waals surface area contributed by atoms with Crippen molar-refractivity contribution in [3.63, 3.8) is 0 Å². The summed E-state index contributed by atoms with van der Waals surface area (Å²) in [7, 11) is 0. The van der Waals surface area contributed by atoms with Crippen molar-refractivity contribution in [3.8, 4) is 5.69 Å². The van der Waals surface area contributed by atoms with E-state index in [9.17, 15) is 4.39 Å². The molecule has 1 aromatic carbocycles. The molecule has 3 rings (SSSR count). The molecule has 7 heteroatoms. The van der Waals surface area contributed by atoms with Crippen molar-refractivity contribution in [1.29, 1.82) is 0 Å². The zero-order chi connectivity index (χ0) is 14.1. The summed E-state index contributed by atoms with van der Waals surface area (Å²) in [5.74, 6) is -0.616. The van der Waals surface area contributed by atoms with Crippen LogP contribution in [0.1, 0.15) is 11.8 Å². The molecule has 0 bridgehead atoms. The van der Waals surface area contributed by atoms with Gasteiger partial charge in [0, 0.05) is 13.1 Å². The lowest BCUT2D eigenvalue weighted by Gasteiger charge is -2.24. The van der Waals surface area contributed by atoms with Crippen LogP contribution in [0.25, 0.3) is 5.69 Å². The Labute approximate surface area is 125 Å². The molecule has 0 aliphatic carbocycles. The van der Waals surface area contributed by atoms with Gasteiger partial charge in [0.1, 0.15) is 6.10 Å². The standard InChI is InChI=1S/C13H12Cl2FN3O/c14-9-3-8(4-10(15)13(9)16)19-7-18-5-11(19)12-6-17-1-2-20-12/h3-5,7,12,17H,1-2,6H2. The number of ether oxygens (including phenoxy) is 1. The summed E-state index contributed by atoms with van der Waals surface area (Å²) in [5.41, 5.74) is 1.53. The van der Waals surface area contributed by atoms with Crippen LogP contribution in [0.4, 0.5) is 4.39 Å². The van der Waals surface area contributed by atoms with E-state index in [0.29, 0.717) is 18.8 Å². The highest BCUT2D eigenvalue weighted by molar-refractivity contribution is 6.35. The van der Waals surface area contributed by atoms with E-state index in [0.717, 1.165) is 12.2 Å². The van der Waals surface area contributed by atoms with Crippen LogP contribution in [0.2, 0.25) is 10.0 Å². The Morgan fingerprint density at radius 1 is 1.35 bits per heavy atom. The number of nitrogens with zero attached hydrogens (tertiary/aromatic N) is 2. The van der Waals surface area contributed by atoms with E-state index in [-0.39, 0.29) is 16.1 Å². The summed E-state index contributed by atoms with van der Waals surface area (Å²) in [5, 5.41) is 3.22. The number of hydrogen-bond donors (Lipinski definition) is 1. The third-order valence-electron chi connectivity index (χ3n) is 3.17. The number of nitrogens with one attached hydrogen (secondary N) is 1. The number of benzene rings is 1. The van der Waals surface area contributed by atoms with E-state index in [1.807, 2.05) is 0 Å². The van der Waals surface area contributed by atoms with Crippen LogP contribution in [-0.4, -0.2) is 29.2 Å². The average molecular weight is 316 g/mol. The largest absolute Gasteiger partial charge is 0.369 e. The molecule has 0 amide bonds. The van der Waals surface area contributed by atoms with Crippen molar-refractivity contribution in [2.45, 2.75) is 6.10 Å². The second kappa shape index (κ2) is 5.69. The van der Waals surface area contributed by atoms with Gasteiger partial charge in [0.15, 0.2) is 5.82 Å². The lowest BCUT2D eigenvalue weighted by atomic mass is 10.2. The monoisotopic (exact) mass is 315 g/mol. The Morgan fingerprint density at radius 3 is 2.75 bits per heavy atom. The zero-order valence-electron chi connectivity index (χ0n) is 10.4. The van der Waals surface area contributed by atoms with E-state index < -0.39 is 5.82 Å². The van der Waals surface area contributed by atoms with E-state index in [2.05, 4.69) is 10.3 Å². The Hall–Kier alpha value is -1.14. The second-order valence-electron chi connectivity index (χ2n) is 4.48. The minimum atomic E-state index is -0.616. The topological polar surface area (TPSA) is 39.1 Å². The van der Waals surface area contributed by atoms with Crippen molar-refractivity contribution in [2.75, 3.05) is 19.7 Å². The molecule has 0 spiro atoms. The Morgan fingerprint density at radius 2 is 2.10 bits per heavy atom. The number of morpholine rings is 1. The molecule has 1 fully saturated rings. The number of halogens is 3. The van der Waals surface area contributed by atoms with E-state index >= 15 is 0 Å². The van der Waals surface area contributed by atoms with Gasteiger partial charge < -0.3 is 14.6 Å². The first kappa shape index (κ1) is 13.8. The fourth-order valence-electron chi connectivity index (χ4n) is 2.20. The Kier molecular flexibility index (Phi) is 3.94. The second-order valence-corrected chi connectivity index (χ2v) is 5.29. The normalized spacial score (nSPS) is 19.2. The molecule has 0 radical (unpaired) electrons. The van der Waals surface area contributed by atoms with E-state index in [1.165, 1.54) is 12.1 Å². The third kappa shape index (κ3) is 2.54. The molecule has 20 heavy (non-hydrogen) atoms. The first-order valence-corrected chi connectivity index (χ1v) is 6.92. The maximum absolute atomic E-state index is 13.5. The molecule has 2 heterocycles. The van der Waals surface area contributed by atoms with Crippen LogP contribution in [0.5, 0.6) is 0 Å². The van der Waals surface area contributed by atoms with Gasteiger partial charge in [-0.3, -0.25) is 0 Å². The minimum Gasteiger partial charge on any atom is -0.369 e. The fourth-order valence-corrected chi connectivity index (χ4v) is 2.67. The Balaban J connectivity index is 2.00. The number of rotatable bonds is 2.